The molecule has 2 aromatic rings. The van der Waals surface area contributed by atoms with Gasteiger partial charge < -0.3 is 19.7 Å². The molecule has 2 aromatic heterocycles. The molecule has 7 nitrogen and oxygen atoms in total. The Morgan fingerprint density at radius 2 is 2.15 bits per heavy atom. The van der Waals surface area contributed by atoms with E-state index in [0.29, 0.717) is 12.2 Å². The van der Waals surface area contributed by atoms with Crippen molar-refractivity contribution in [3.63, 3.8) is 0 Å². The number of aliphatic carboxylic acids is 1. The summed E-state index contributed by atoms with van der Waals surface area (Å²) in [5, 5.41) is 11.0. The summed E-state index contributed by atoms with van der Waals surface area (Å²) in [6.45, 7) is 0.106. The lowest BCUT2D eigenvalue weighted by molar-refractivity contribution is -0.135. The third kappa shape index (κ3) is 2.94. The zero-order valence-electron chi connectivity index (χ0n) is 11.3. The molecular weight excluding hydrogens is 260 g/mol. The Kier molecular flexibility index (Phi) is 3.99. The fraction of sp³-hybridized carbons (Fsp3) is 0.308. The van der Waals surface area contributed by atoms with Crippen molar-refractivity contribution in [2.75, 3.05) is 20.6 Å². The number of nitrogens with zero attached hydrogens (tertiary/aromatic N) is 3. The Morgan fingerprint density at radius 1 is 1.40 bits per heavy atom. The molecule has 20 heavy (non-hydrogen) atoms. The van der Waals surface area contributed by atoms with Crippen LogP contribution in [0.1, 0.15) is 16.2 Å². The zero-order valence-corrected chi connectivity index (χ0v) is 11.3. The molecule has 0 aliphatic rings. The molecule has 106 valence electrons. The number of carboxylic acid groups (broad SMARTS) is 1. The Morgan fingerprint density at radius 3 is 2.80 bits per heavy atom. The molecule has 1 amide bonds. The van der Waals surface area contributed by atoms with Gasteiger partial charge in [0.25, 0.3) is 5.91 Å². The zero-order chi connectivity index (χ0) is 14.7. The molecular formula is C13H16N4O3. The van der Waals surface area contributed by atoms with Gasteiger partial charge in [0.15, 0.2) is 5.69 Å². The van der Waals surface area contributed by atoms with Crippen LogP contribution < -0.4 is 5.32 Å². The summed E-state index contributed by atoms with van der Waals surface area (Å²) in [5.74, 6) is -1.57. The standard InChI is InChI=1S/C13H16N4O3/c1-16(2)8-9-12(13(20)14-7-11(18)19)15-10-5-3-4-6-17(9)10/h3-6H,7-8H2,1-2H3,(H,14,20)(H,18,19). The molecule has 0 atom stereocenters. The summed E-state index contributed by atoms with van der Waals surface area (Å²) in [6, 6.07) is 5.49. The fourth-order valence-corrected chi connectivity index (χ4v) is 1.92. The summed E-state index contributed by atoms with van der Waals surface area (Å²) in [4.78, 5) is 28.8. The number of carboxylic acids is 1. The van der Waals surface area contributed by atoms with Crippen molar-refractivity contribution in [3.05, 3.63) is 35.8 Å². The summed E-state index contributed by atoms with van der Waals surface area (Å²) < 4.78 is 1.83. The van der Waals surface area contributed by atoms with Crippen LogP contribution in [0.25, 0.3) is 5.65 Å². The van der Waals surface area contributed by atoms with E-state index in [-0.39, 0.29) is 5.69 Å². The van der Waals surface area contributed by atoms with E-state index >= 15 is 0 Å². The monoisotopic (exact) mass is 276 g/mol. The highest BCUT2D eigenvalue weighted by Crippen LogP contribution is 2.14. The first kappa shape index (κ1) is 14.0. The van der Waals surface area contributed by atoms with Gasteiger partial charge in [0.05, 0.1) is 5.69 Å². The van der Waals surface area contributed by atoms with Gasteiger partial charge in [-0.1, -0.05) is 6.07 Å². The van der Waals surface area contributed by atoms with Gasteiger partial charge in [0.1, 0.15) is 12.2 Å². The Hall–Kier alpha value is -2.41. The van der Waals surface area contributed by atoms with Gasteiger partial charge in [0, 0.05) is 12.7 Å². The predicted molar refractivity (Wildman–Crippen MR) is 72.6 cm³/mol. The Bertz CT molecular complexity index is 648. The van der Waals surface area contributed by atoms with Crippen LogP contribution in [-0.2, 0) is 11.3 Å². The van der Waals surface area contributed by atoms with Crippen LogP contribution >= 0.6 is 0 Å². The summed E-state index contributed by atoms with van der Waals surface area (Å²) in [7, 11) is 3.78. The van der Waals surface area contributed by atoms with E-state index in [4.69, 9.17) is 5.11 Å². The van der Waals surface area contributed by atoms with Crippen LogP contribution in [0.15, 0.2) is 24.4 Å². The second kappa shape index (κ2) is 5.70. The van der Waals surface area contributed by atoms with E-state index in [9.17, 15) is 9.59 Å². The number of amides is 1. The fourth-order valence-electron chi connectivity index (χ4n) is 1.92. The number of pyridine rings is 1. The molecule has 0 bridgehead atoms. The largest absolute Gasteiger partial charge is 0.480 e. The summed E-state index contributed by atoms with van der Waals surface area (Å²) in [5.41, 5.74) is 1.64. The Balaban J connectivity index is 2.40. The first-order chi connectivity index (χ1) is 9.49. The highest BCUT2D eigenvalue weighted by Gasteiger charge is 2.19. The maximum Gasteiger partial charge on any atom is 0.322 e. The first-order valence-corrected chi connectivity index (χ1v) is 6.09. The second-order valence-electron chi connectivity index (χ2n) is 4.65. The molecule has 0 aliphatic heterocycles. The molecule has 0 spiro atoms. The maximum absolute atomic E-state index is 12.1. The van der Waals surface area contributed by atoms with Crippen molar-refractivity contribution < 1.29 is 14.7 Å². The molecule has 2 heterocycles. The van der Waals surface area contributed by atoms with Crippen molar-refractivity contribution in [2.24, 2.45) is 0 Å². The topological polar surface area (TPSA) is 86.9 Å². The van der Waals surface area contributed by atoms with E-state index in [2.05, 4.69) is 10.3 Å². The quantitative estimate of drug-likeness (QED) is 0.815. The van der Waals surface area contributed by atoms with Crippen molar-refractivity contribution in [2.45, 2.75) is 6.54 Å². The molecule has 7 heteroatoms. The van der Waals surface area contributed by atoms with Crippen molar-refractivity contribution in [3.8, 4) is 0 Å². The van der Waals surface area contributed by atoms with Gasteiger partial charge in [-0.25, -0.2) is 4.98 Å². The molecule has 0 radical (unpaired) electrons. The van der Waals surface area contributed by atoms with Crippen LogP contribution in [0.5, 0.6) is 0 Å². The number of rotatable bonds is 5. The molecule has 0 aromatic carbocycles. The number of hydrogen-bond donors (Lipinski definition) is 2. The van der Waals surface area contributed by atoms with Gasteiger partial charge in [-0.3, -0.25) is 9.59 Å². The molecule has 0 fully saturated rings. The van der Waals surface area contributed by atoms with Crippen LogP contribution in [-0.4, -0.2) is 51.9 Å². The van der Waals surface area contributed by atoms with Gasteiger partial charge in [-0.05, 0) is 26.2 Å². The van der Waals surface area contributed by atoms with Gasteiger partial charge in [-0.2, -0.15) is 0 Å². The Labute approximate surface area is 115 Å². The van der Waals surface area contributed by atoms with E-state index in [1.54, 1.807) is 6.07 Å². The number of nitrogens with one attached hydrogen (secondary N) is 1. The normalized spacial score (nSPS) is 10.9. The number of carbonyl (C=O) groups is 2. The molecule has 0 aliphatic carbocycles. The van der Waals surface area contributed by atoms with Crippen molar-refractivity contribution in [1.29, 1.82) is 0 Å². The number of carbonyl (C=O) groups excluding carboxylic acids is 1. The van der Waals surface area contributed by atoms with E-state index < -0.39 is 18.4 Å². The lowest BCUT2D eigenvalue weighted by Crippen LogP contribution is -2.30. The number of aromatic nitrogens is 2. The molecule has 0 saturated heterocycles. The summed E-state index contributed by atoms with van der Waals surface area (Å²) in [6.07, 6.45) is 1.83. The lowest BCUT2D eigenvalue weighted by atomic mass is 10.3. The molecule has 0 saturated carbocycles. The average molecular weight is 276 g/mol. The number of fused-ring (bicyclic) bond motifs is 1. The third-order valence-corrected chi connectivity index (χ3v) is 2.71. The smallest absolute Gasteiger partial charge is 0.322 e. The van der Waals surface area contributed by atoms with Crippen molar-refractivity contribution >= 4 is 17.5 Å². The molecule has 0 unspecified atom stereocenters. The minimum absolute atomic E-state index is 0.256. The van der Waals surface area contributed by atoms with E-state index in [0.717, 1.165) is 5.69 Å². The lowest BCUT2D eigenvalue weighted by Gasteiger charge is -2.11. The van der Waals surface area contributed by atoms with Crippen LogP contribution in [0, 0.1) is 0 Å². The minimum atomic E-state index is -1.09. The second-order valence-corrected chi connectivity index (χ2v) is 4.65. The van der Waals surface area contributed by atoms with Crippen LogP contribution in [0.3, 0.4) is 0 Å². The first-order valence-electron chi connectivity index (χ1n) is 6.09. The van der Waals surface area contributed by atoms with E-state index in [1.165, 1.54) is 0 Å². The van der Waals surface area contributed by atoms with Gasteiger partial charge in [-0.15, -0.1) is 0 Å². The maximum atomic E-state index is 12.1. The molecule has 2 rings (SSSR count). The predicted octanol–water partition coefficient (Wildman–Crippen LogP) is 0.210. The SMILES string of the molecule is CN(C)Cc1c(C(=O)NCC(=O)O)nc2ccccn12. The highest BCUT2D eigenvalue weighted by atomic mass is 16.4. The highest BCUT2D eigenvalue weighted by molar-refractivity contribution is 5.95. The number of hydrogen-bond acceptors (Lipinski definition) is 4. The van der Waals surface area contributed by atoms with E-state index in [1.807, 2.05) is 41.7 Å². The summed E-state index contributed by atoms with van der Waals surface area (Å²) >= 11 is 0. The number of imidazole rings is 1. The van der Waals surface area contributed by atoms with Crippen LogP contribution in [0.4, 0.5) is 0 Å². The minimum Gasteiger partial charge on any atom is -0.480 e. The average Bonchev–Trinajstić information content (AvgIpc) is 2.74. The van der Waals surface area contributed by atoms with Gasteiger partial charge >= 0.3 is 5.97 Å². The molecule has 2 N–H and O–H groups in total. The van der Waals surface area contributed by atoms with Crippen molar-refractivity contribution in [1.82, 2.24) is 19.6 Å². The van der Waals surface area contributed by atoms with Gasteiger partial charge in [0.2, 0.25) is 0 Å². The van der Waals surface area contributed by atoms with Crippen LogP contribution in [0.2, 0.25) is 0 Å². The third-order valence-electron chi connectivity index (χ3n) is 2.71.